The van der Waals surface area contributed by atoms with Gasteiger partial charge in [-0.05, 0) is 25.1 Å². The van der Waals surface area contributed by atoms with Gasteiger partial charge in [-0.3, -0.25) is 10.1 Å². The maximum Gasteiger partial charge on any atom is 0.338 e. The van der Waals surface area contributed by atoms with Crippen molar-refractivity contribution in [1.29, 1.82) is 0 Å². The molecule has 0 N–H and O–H groups in total. The third kappa shape index (κ3) is 4.26. The van der Waals surface area contributed by atoms with E-state index in [9.17, 15) is 19.7 Å². The van der Waals surface area contributed by atoms with Crippen molar-refractivity contribution in [1.82, 2.24) is 4.98 Å². The summed E-state index contributed by atoms with van der Waals surface area (Å²) in [7, 11) is 0. The average Bonchev–Trinajstić information content (AvgIpc) is 3.08. The number of hydrogen-bond acceptors (Lipinski definition) is 8. The van der Waals surface area contributed by atoms with Crippen LogP contribution in [0.25, 0.3) is 10.2 Å². The lowest BCUT2D eigenvalue weighted by atomic mass is 10.1. The molecule has 0 radical (unpaired) electrons. The van der Waals surface area contributed by atoms with Crippen LogP contribution in [0.15, 0.2) is 42.5 Å². The molecule has 0 saturated heterocycles. The Balaban J connectivity index is 1.80. The lowest BCUT2D eigenvalue weighted by Crippen LogP contribution is -2.10. The van der Waals surface area contributed by atoms with Crippen molar-refractivity contribution in [3.63, 3.8) is 0 Å². The molecule has 0 amide bonds. The largest absolute Gasteiger partial charge is 0.462 e. The molecule has 138 valence electrons. The first-order valence-corrected chi connectivity index (χ1v) is 8.77. The number of benzene rings is 2. The highest BCUT2D eigenvalue weighted by atomic mass is 32.1. The Morgan fingerprint density at radius 1 is 1.11 bits per heavy atom. The van der Waals surface area contributed by atoms with Gasteiger partial charge in [0.05, 0.1) is 32.9 Å². The maximum absolute atomic E-state index is 12.3. The molecule has 3 rings (SSSR count). The smallest absolute Gasteiger partial charge is 0.338 e. The first kappa shape index (κ1) is 18.5. The van der Waals surface area contributed by atoms with E-state index in [2.05, 4.69) is 4.98 Å². The second-order valence-electron chi connectivity index (χ2n) is 5.40. The molecule has 0 bridgehead atoms. The van der Waals surface area contributed by atoms with Crippen LogP contribution in [0.1, 0.15) is 32.6 Å². The van der Waals surface area contributed by atoms with Crippen molar-refractivity contribution in [2.24, 2.45) is 0 Å². The van der Waals surface area contributed by atoms with Crippen molar-refractivity contribution in [3.05, 3.63) is 68.7 Å². The van der Waals surface area contributed by atoms with Gasteiger partial charge in [-0.2, -0.15) is 0 Å². The number of ether oxygens (including phenoxy) is 2. The van der Waals surface area contributed by atoms with Crippen LogP contribution >= 0.6 is 11.3 Å². The molecule has 2 aromatic carbocycles. The number of carbonyl (C=O) groups is 2. The fraction of sp³-hybridized carbons (Fsp3) is 0.167. The van der Waals surface area contributed by atoms with Crippen LogP contribution in [0, 0.1) is 10.1 Å². The fourth-order valence-corrected chi connectivity index (χ4v) is 3.24. The molecule has 3 aromatic rings. The molecule has 8 nitrogen and oxygen atoms in total. The van der Waals surface area contributed by atoms with E-state index in [1.165, 1.54) is 17.4 Å². The summed E-state index contributed by atoms with van der Waals surface area (Å²) in [5, 5.41) is 11.7. The number of hydrogen-bond donors (Lipinski definition) is 0. The number of nitro groups is 1. The summed E-state index contributed by atoms with van der Waals surface area (Å²) in [6.45, 7) is 1.65. The number of thiazole rings is 1. The Morgan fingerprint density at radius 2 is 1.78 bits per heavy atom. The number of nitro benzene ring substituents is 1. The molecule has 0 saturated carbocycles. The second kappa shape index (κ2) is 7.92. The van der Waals surface area contributed by atoms with E-state index in [1.807, 2.05) is 24.3 Å². The maximum atomic E-state index is 12.3. The standard InChI is InChI=1S/C18H14N2O6S/c1-2-25-17(21)11-7-12(9-13(8-11)20(23)24)18(22)26-10-16-19-14-5-3-4-6-15(14)27-16/h3-9H,2,10H2,1H3. The number of carbonyl (C=O) groups excluding carboxylic acids is 2. The summed E-state index contributed by atoms with van der Waals surface area (Å²) in [4.78, 5) is 38.9. The van der Waals surface area contributed by atoms with Crippen molar-refractivity contribution in [3.8, 4) is 0 Å². The summed E-state index contributed by atoms with van der Waals surface area (Å²) < 4.78 is 11.0. The topological polar surface area (TPSA) is 109 Å². The highest BCUT2D eigenvalue weighted by Gasteiger charge is 2.20. The lowest BCUT2D eigenvalue weighted by molar-refractivity contribution is -0.384. The van der Waals surface area contributed by atoms with Gasteiger partial charge in [-0.15, -0.1) is 11.3 Å². The van der Waals surface area contributed by atoms with Crippen LogP contribution in [0.5, 0.6) is 0 Å². The highest BCUT2D eigenvalue weighted by Crippen LogP contribution is 2.23. The minimum Gasteiger partial charge on any atom is -0.462 e. The Hall–Kier alpha value is -3.33. The van der Waals surface area contributed by atoms with Crippen molar-refractivity contribution in [2.75, 3.05) is 6.61 Å². The van der Waals surface area contributed by atoms with E-state index in [0.717, 1.165) is 22.3 Å². The zero-order chi connectivity index (χ0) is 19.4. The van der Waals surface area contributed by atoms with Gasteiger partial charge in [0.2, 0.25) is 0 Å². The SMILES string of the molecule is CCOC(=O)c1cc(C(=O)OCc2nc3ccccc3s2)cc([N+](=O)[O-])c1. The fourth-order valence-electron chi connectivity index (χ4n) is 2.36. The van der Waals surface area contributed by atoms with Gasteiger partial charge in [-0.25, -0.2) is 14.6 Å². The van der Waals surface area contributed by atoms with Crippen LogP contribution in [-0.4, -0.2) is 28.5 Å². The quantitative estimate of drug-likeness (QED) is 0.361. The lowest BCUT2D eigenvalue weighted by Gasteiger charge is -2.06. The number of fused-ring (bicyclic) bond motifs is 1. The van der Waals surface area contributed by atoms with E-state index < -0.39 is 22.5 Å². The molecule has 0 aliphatic rings. The number of rotatable bonds is 6. The third-order valence-electron chi connectivity index (χ3n) is 3.54. The summed E-state index contributed by atoms with van der Waals surface area (Å²) in [5.41, 5.74) is 0.215. The summed E-state index contributed by atoms with van der Waals surface area (Å²) >= 11 is 1.39. The average molecular weight is 386 g/mol. The molecule has 27 heavy (non-hydrogen) atoms. The normalized spacial score (nSPS) is 10.6. The Bertz CT molecular complexity index is 997. The van der Waals surface area contributed by atoms with E-state index in [4.69, 9.17) is 9.47 Å². The first-order valence-electron chi connectivity index (χ1n) is 7.96. The predicted molar refractivity (Wildman–Crippen MR) is 97.8 cm³/mol. The molecule has 9 heteroatoms. The summed E-state index contributed by atoms with van der Waals surface area (Å²) in [5.74, 6) is -1.54. The van der Waals surface area contributed by atoms with Crippen LogP contribution in [0.4, 0.5) is 5.69 Å². The Morgan fingerprint density at radius 3 is 2.41 bits per heavy atom. The van der Waals surface area contributed by atoms with Gasteiger partial charge < -0.3 is 9.47 Å². The van der Waals surface area contributed by atoms with E-state index in [0.29, 0.717) is 5.01 Å². The zero-order valence-electron chi connectivity index (χ0n) is 14.2. The van der Waals surface area contributed by atoms with E-state index in [-0.39, 0.29) is 24.3 Å². The summed E-state index contributed by atoms with van der Waals surface area (Å²) in [6, 6.07) is 10.8. The molecule has 0 fully saturated rings. The van der Waals surface area contributed by atoms with Gasteiger partial charge in [0.1, 0.15) is 11.6 Å². The van der Waals surface area contributed by atoms with Crippen LogP contribution < -0.4 is 0 Å². The Labute approximate surface area is 157 Å². The van der Waals surface area contributed by atoms with Gasteiger partial charge in [0.25, 0.3) is 5.69 Å². The number of para-hydroxylation sites is 1. The van der Waals surface area contributed by atoms with E-state index in [1.54, 1.807) is 6.92 Å². The molecule has 0 atom stereocenters. The van der Waals surface area contributed by atoms with Gasteiger partial charge in [0.15, 0.2) is 0 Å². The molecule has 0 unspecified atom stereocenters. The van der Waals surface area contributed by atoms with Crippen molar-refractivity contribution in [2.45, 2.75) is 13.5 Å². The molecule has 0 aliphatic carbocycles. The van der Waals surface area contributed by atoms with Crippen LogP contribution in [-0.2, 0) is 16.1 Å². The summed E-state index contributed by atoms with van der Waals surface area (Å²) in [6.07, 6.45) is 0. The van der Waals surface area contributed by atoms with E-state index >= 15 is 0 Å². The minimum absolute atomic E-state index is 0.0738. The highest BCUT2D eigenvalue weighted by molar-refractivity contribution is 7.18. The second-order valence-corrected chi connectivity index (χ2v) is 6.51. The van der Waals surface area contributed by atoms with Gasteiger partial charge in [-0.1, -0.05) is 12.1 Å². The molecule has 1 aromatic heterocycles. The minimum atomic E-state index is -0.788. The molecule has 1 heterocycles. The van der Waals surface area contributed by atoms with Crippen molar-refractivity contribution < 1.29 is 24.0 Å². The van der Waals surface area contributed by atoms with Crippen LogP contribution in [0.2, 0.25) is 0 Å². The monoisotopic (exact) mass is 386 g/mol. The number of nitrogens with zero attached hydrogens (tertiary/aromatic N) is 2. The van der Waals surface area contributed by atoms with Gasteiger partial charge in [0, 0.05) is 12.1 Å². The van der Waals surface area contributed by atoms with Crippen molar-refractivity contribution >= 4 is 39.2 Å². The molecule has 0 aliphatic heterocycles. The number of esters is 2. The third-order valence-corrected chi connectivity index (χ3v) is 4.55. The molecular formula is C18H14N2O6S. The Kier molecular flexibility index (Phi) is 5.41. The predicted octanol–water partition coefficient (Wildman–Crippen LogP) is 3.74. The zero-order valence-corrected chi connectivity index (χ0v) is 15.0. The van der Waals surface area contributed by atoms with Crippen LogP contribution in [0.3, 0.4) is 0 Å². The molecular weight excluding hydrogens is 372 g/mol. The first-order chi connectivity index (χ1) is 13.0. The van der Waals surface area contributed by atoms with Gasteiger partial charge >= 0.3 is 11.9 Å². The number of aromatic nitrogens is 1. The number of non-ortho nitro benzene ring substituents is 1. The molecule has 0 spiro atoms.